The highest BCUT2D eigenvalue weighted by atomic mass is 16.5. The van der Waals surface area contributed by atoms with Crippen LogP contribution in [0.3, 0.4) is 0 Å². The monoisotopic (exact) mass is 495 g/mol. The van der Waals surface area contributed by atoms with Crippen LogP contribution in [0.2, 0.25) is 0 Å². The molecule has 190 valence electrons. The number of hydrogen-bond acceptors (Lipinski definition) is 5. The lowest BCUT2D eigenvalue weighted by molar-refractivity contribution is 0.0599. The van der Waals surface area contributed by atoms with Gasteiger partial charge >= 0.3 is 0 Å². The first kappa shape index (κ1) is 23.8. The summed E-state index contributed by atoms with van der Waals surface area (Å²) in [6.45, 7) is 4.84. The van der Waals surface area contributed by atoms with E-state index in [1.807, 2.05) is 49.0 Å². The van der Waals surface area contributed by atoms with Gasteiger partial charge in [0.15, 0.2) is 5.76 Å². The van der Waals surface area contributed by atoms with Gasteiger partial charge in [-0.25, -0.2) is 0 Å². The number of rotatable bonds is 7. The zero-order chi connectivity index (χ0) is 25.4. The van der Waals surface area contributed by atoms with Crippen molar-refractivity contribution in [2.24, 2.45) is 7.05 Å². The Morgan fingerprint density at radius 1 is 1.00 bits per heavy atom. The van der Waals surface area contributed by atoms with E-state index in [9.17, 15) is 5.11 Å². The number of fused-ring (bicyclic) bond motifs is 2. The summed E-state index contributed by atoms with van der Waals surface area (Å²) in [5.74, 6) is 2.00. The summed E-state index contributed by atoms with van der Waals surface area (Å²) in [6.07, 6.45) is 1.66. The number of piperidine rings is 1. The molecule has 0 bridgehead atoms. The zero-order valence-electron chi connectivity index (χ0n) is 21.4. The number of aromatic nitrogens is 2. The molecule has 3 heterocycles. The summed E-state index contributed by atoms with van der Waals surface area (Å²) >= 11 is 0. The highest BCUT2D eigenvalue weighted by molar-refractivity contribution is 5.88. The topological polar surface area (TPSA) is 63.7 Å². The van der Waals surface area contributed by atoms with Gasteiger partial charge in [0.25, 0.3) is 0 Å². The fourth-order valence-electron chi connectivity index (χ4n) is 5.41. The molecule has 1 aliphatic rings. The van der Waals surface area contributed by atoms with Crippen LogP contribution in [0.1, 0.15) is 30.0 Å². The van der Waals surface area contributed by atoms with Gasteiger partial charge in [0.05, 0.1) is 5.39 Å². The fraction of sp³-hybridized carbons (Fsp3) is 0.323. The zero-order valence-corrected chi connectivity index (χ0v) is 21.4. The minimum Gasteiger partial charge on any atom is -0.490 e. The minimum atomic E-state index is -0.558. The van der Waals surface area contributed by atoms with Gasteiger partial charge in [0.1, 0.15) is 29.7 Å². The molecule has 6 rings (SSSR count). The summed E-state index contributed by atoms with van der Waals surface area (Å²) in [5, 5.41) is 18.8. The first-order valence-electron chi connectivity index (χ1n) is 13.1. The van der Waals surface area contributed by atoms with Gasteiger partial charge in [0, 0.05) is 19.3 Å². The van der Waals surface area contributed by atoms with Gasteiger partial charge in [-0.15, -0.1) is 0 Å². The smallest absolute Gasteiger partial charge is 0.155 e. The summed E-state index contributed by atoms with van der Waals surface area (Å²) in [5.41, 5.74) is 4.04. The highest BCUT2D eigenvalue weighted by Gasteiger charge is 2.23. The largest absolute Gasteiger partial charge is 0.490 e. The van der Waals surface area contributed by atoms with E-state index < -0.39 is 6.10 Å². The van der Waals surface area contributed by atoms with E-state index in [1.54, 1.807) is 0 Å². The molecule has 6 heteroatoms. The fourth-order valence-corrected chi connectivity index (χ4v) is 5.41. The number of aryl methyl sites for hydroxylation is 2. The lowest BCUT2D eigenvalue weighted by Crippen LogP contribution is -2.40. The van der Waals surface area contributed by atoms with E-state index in [-0.39, 0.29) is 6.61 Å². The second-order valence-electron chi connectivity index (χ2n) is 10.2. The maximum atomic E-state index is 10.7. The highest BCUT2D eigenvalue weighted by Crippen LogP contribution is 2.34. The van der Waals surface area contributed by atoms with E-state index >= 15 is 0 Å². The molecule has 1 saturated heterocycles. The van der Waals surface area contributed by atoms with Crippen LogP contribution in [0.15, 0.2) is 77.2 Å². The Morgan fingerprint density at radius 3 is 2.59 bits per heavy atom. The average molecular weight is 496 g/mol. The summed E-state index contributed by atoms with van der Waals surface area (Å²) in [6, 6.07) is 25.1. The molecule has 1 fully saturated rings. The molecule has 0 spiro atoms. The van der Waals surface area contributed by atoms with Gasteiger partial charge in [0.2, 0.25) is 0 Å². The number of aliphatic hydroxyl groups excluding tert-OH is 1. The maximum absolute atomic E-state index is 10.7. The van der Waals surface area contributed by atoms with Gasteiger partial charge in [-0.1, -0.05) is 48.5 Å². The molecule has 0 aliphatic carbocycles. The van der Waals surface area contributed by atoms with Gasteiger partial charge in [-0.2, -0.15) is 5.10 Å². The first-order valence-corrected chi connectivity index (χ1v) is 13.1. The summed E-state index contributed by atoms with van der Waals surface area (Å²) in [7, 11) is 1.92. The number of nitrogens with zero attached hydrogens (tertiary/aromatic N) is 3. The lowest BCUT2D eigenvalue weighted by atomic mass is 9.88. The van der Waals surface area contributed by atoms with Crippen LogP contribution in [0.5, 0.6) is 5.75 Å². The molecule has 1 aliphatic heterocycles. The number of benzene rings is 3. The van der Waals surface area contributed by atoms with Gasteiger partial charge in [-0.3, -0.25) is 4.68 Å². The van der Waals surface area contributed by atoms with E-state index in [0.717, 1.165) is 48.3 Å². The number of ether oxygens (including phenoxy) is 1. The van der Waals surface area contributed by atoms with E-state index in [4.69, 9.17) is 9.15 Å². The molecule has 5 aromatic rings. The molecular weight excluding hydrogens is 462 g/mol. The van der Waals surface area contributed by atoms with Crippen LogP contribution in [0.4, 0.5) is 0 Å². The van der Waals surface area contributed by atoms with Crippen molar-refractivity contribution >= 4 is 21.7 Å². The van der Waals surface area contributed by atoms with Crippen LogP contribution in [-0.4, -0.2) is 52.1 Å². The minimum absolute atomic E-state index is 0.243. The van der Waals surface area contributed by atoms with Crippen molar-refractivity contribution in [1.82, 2.24) is 14.7 Å². The quantitative estimate of drug-likeness (QED) is 0.304. The second kappa shape index (κ2) is 10.0. The predicted octanol–water partition coefficient (Wildman–Crippen LogP) is 5.91. The number of likely N-dealkylation sites (tertiary alicyclic amines) is 1. The second-order valence-corrected chi connectivity index (χ2v) is 10.2. The van der Waals surface area contributed by atoms with Crippen LogP contribution in [-0.2, 0) is 7.05 Å². The van der Waals surface area contributed by atoms with Gasteiger partial charge in [-0.05, 0) is 79.4 Å². The number of β-amino-alcohol motifs (C(OH)–C–C–N with tert-alkyl or cyclic N) is 1. The summed E-state index contributed by atoms with van der Waals surface area (Å²) in [4.78, 5) is 2.35. The molecule has 3 aromatic carbocycles. The van der Waals surface area contributed by atoms with E-state index in [1.165, 1.54) is 16.3 Å². The SMILES string of the molecule is Cc1cc(-c2cc3c(OC[C@@H](O)CN4CCC(c5ccc6ccccc6c5)CC4)cccc3o2)nn1C. The Balaban J connectivity index is 1.04. The third-order valence-corrected chi connectivity index (χ3v) is 7.62. The Hall–Kier alpha value is -3.61. The Bertz CT molecular complexity index is 1510. The van der Waals surface area contributed by atoms with Gasteiger partial charge < -0.3 is 19.2 Å². The third kappa shape index (κ3) is 4.99. The van der Waals surface area contributed by atoms with Crippen LogP contribution in [0, 0.1) is 6.92 Å². The molecule has 6 nitrogen and oxygen atoms in total. The standard InChI is InChI=1S/C31H33N3O3/c1-21-16-28(32-33(21)2)31-18-27-29(8-5-9-30(27)37-31)36-20-26(35)19-34-14-12-23(13-15-34)25-11-10-22-6-3-4-7-24(22)17-25/h3-11,16-18,23,26,35H,12-15,19-20H2,1-2H3/t26-/m0/s1. The molecule has 0 amide bonds. The van der Waals surface area contributed by atoms with Crippen molar-refractivity contribution in [3.63, 3.8) is 0 Å². The van der Waals surface area contributed by atoms with Crippen LogP contribution in [0.25, 0.3) is 33.2 Å². The summed E-state index contributed by atoms with van der Waals surface area (Å²) < 4.78 is 13.9. The van der Waals surface area contributed by atoms with Crippen molar-refractivity contribution in [2.45, 2.75) is 31.8 Å². The molecule has 0 saturated carbocycles. The number of aliphatic hydroxyl groups is 1. The molecule has 37 heavy (non-hydrogen) atoms. The van der Waals surface area contributed by atoms with Crippen LogP contribution < -0.4 is 4.74 Å². The Morgan fingerprint density at radius 2 is 1.81 bits per heavy atom. The Kier molecular flexibility index (Phi) is 6.45. The predicted molar refractivity (Wildman–Crippen MR) is 147 cm³/mol. The van der Waals surface area contributed by atoms with Crippen molar-refractivity contribution in [1.29, 1.82) is 0 Å². The van der Waals surface area contributed by atoms with Crippen molar-refractivity contribution in [2.75, 3.05) is 26.2 Å². The molecule has 1 atom stereocenters. The molecule has 2 aromatic heterocycles. The molecule has 0 radical (unpaired) electrons. The molecular formula is C31H33N3O3. The number of furan rings is 1. The first-order chi connectivity index (χ1) is 18.0. The number of hydrogen-bond donors (Lipinski definition) is 1. The Labute approximate surface area is 217 Å². The normalized spacial score (nSPS) is 16.0. The van der Waals surface area contributed by atoms with E-state index in [2.05, 4.69) is 52.5 Å². The average Bonchev–Trinajstić information content (AvgIpc) is 3.51. The van der Waals surface area contributed by atoms with Crippen molar-refractivity contribution in [3.8, 4) is 17.2 Å². The van der Waals surface area contributed by atoms with Crippen molar-refractivity contribution in [3.05, 3.63) is 84.1 Å². The molecule has 1 N–H and O–H groups in total. The molecule has 0 unspecified atom stereocenters. The maximum Gasteiger partial charge on any atom is 0.155 e. The van der Waals surface area contributed by atoms with Crippen molar-refractivity contribution < 1.29 is 14.3 Å². The van der Waals surface area contributed by atoms with E-state index in [0.29, 0.717) is 24.0 Å². The van der Waals surface area contributed by atoms with Crippen LogP contribution >= 0.6 is 0 Å². The third-order valence-electron chi connectivity index (χ3n) is 7.62. The lowest BCUT2D eigenvalue weighted by Gasteiger charge is -2.33.